The van der Waals surface area contributed by atoms with E-state index in [9.17, 15) is 9.70 Å². The van der Waals surface area contributed by atoms with Gasteiger partial charge in [0.1, 0.15) is 0 Å². The van der Waals surface area contributed by atoms with Crippen LogP contribution in [0, 0.1) is 10.8 Å². The van der Waals surface area contributed by atoms with Gasteiger partial charge in [-0.05, 0) is 30.5 Å². The van der Waals surface area contributed by atoms with Gasteiger partial charge in [0.05, 0.1) is 18.3 Å². The quantitative estimate of drug-likeness (QED) is 0.550. The molecule has 2 unspecified atom stereocenters. The highest BCUT2D eigenvalue weighted by atomic mass is 32.1. The van der Waals surface area contributed by atoms with Crippen molar-refractivity contribution in [1.29, 1.82) is 0 Å². The number of thiazole rings is 1. The zero-order valence-corrected chi connectivity index (χ0v) is 18.5. The van der Waals surface area contributed by atoms with Gasteiger partial charge in [0.15, 0.2) is 5.01 Å². The number of amides is 1. The Morgan fingerprint density at radius 3 is 3.06 bits per heavy atom. The zero-order chi connectivity index (χ0) is 21.8. The van der Waals surface area contributed by atoms with Crippen LogP contribution in [0.3, 0.4) is 0 Å². The Morgan fingerprint density at radius 2 is 2.19 bits per heavy atom. The summed E-state index contributed by atoms with van der Waals surface area (Å²) in [7, 11) is 2.11. The molecule has 1 saturated heterocycles. The van der Waals surface area contributed by atoms with Crippen LogP contribution in [0.2, 0.25) is 0 Å². The van der Waals surface area contributed by atoms with Crippen molar-refractivity contribution < 1.29 is 9.32 Å². The molecule has 1 fully saturated rings. The molecule has 0 bridgehead atoms. The smallest absolute Gasteiger partial charge is 0.287 e. The van der Waals surface area contributed by atoms with E-state index in [4.69, 9.17) is 9.51 Å². The van der Waals surface area contributed by atoms with Crippen LogP contribution in [0.4, 0.5) is 0 Å². The number of fused-ring (bicyclic) bond motifs is 4. The highest BCUT2D eigenvalue weighted by molar-refractivity contribution is 7.15. The van der Waals surface area contributed by atoms with Crippen molar-refractivity contribution in [1.82, 2.24) is 24.9 Å². The number of rotatable bonds is 5. The Bertz CT molecular complexity index is 1220. The van der Waals surface area contributed by atoms with Gasteiger partial charge in [-0.1, -0.05) is 28.5 Å². The molecule has 0 saturated carbocycles. The van der Waals surface area contributed by atoms with Gasteiger partial charge in [0.2, 0.25) is 11.7 Å². The van der Waals surface area contributed by atoms with Crippen molar-refractivity contribution in [2.45, 2.75) is 31.8 Å². The second-order valence-electron chi connectivity index (χ2n) is 8.73. The SMILES string of the molecule is CN1CCc2nc(-c3nc(-c4cccc5c4CC4CC(=O)N(CCN=O)C54)no3)sc2C1. The molecule has 1 aromatic carbocycles. The molecule has 2 aromatic heterocycles. The molecule has 4 heterocycles. The van der Waals surface area contributed by atoms with Crippen molar-refractivity contribution in [3.63, 3.8) is 0 Å². The number of hydrogen-bond acceptors (Lipinski definition) is 9. The predicted molar refractivity (Wildman–Crippen MR) is 118 cm³/mol. The summed E-state index contributed by atoms with van der Waals surface area (Å²) in [4.78, 5) is 37.9. The van der Waals surface area contributed by atoms with Gasteiger partial charge >= 0.3 is 0 Å². The highest BCUT2D eigenvalue weighted by Crippen LogP contribution is 2.49. The standard InChI is InChI=1S/C22H22N6O3S/c1-27-7-5-16-17(11-27)32-22(24-16)21-25-20(26-31-21)14-4-2-3-13-15(14)9-12-10-18(29)28(19(12)13)8-6-23-30/h2-4,12,19H,5-11H2,1H3. The maximum atomic E-state index is 12.5. The Balaban J connectivity index is 1.32. The largest absolute Gasteiger partial charge is 0.333 e. The summed E-state index contributed by atoms with van der Waals surface area (Å²) in [5, 5.41) is 7.99. The summed E-state index contributed by atoms with van der Waals surface area (Å²) in [5.41, 5.74) is 4.34. The Hall–Kier alpha value is -2.98. The van der Waals surface area contributed by atoms with E-state index >= 15 is 0 Å². The van der Waals surface area contributed by atoms with Crippen LogP contribution in [0.15, 0.2) is 27.9 Å². The Morgan fingerprint density at radius 1 is 1.28 bits per heavy atom. The summed E-state index contributed by atoms with van der Waals surface area (Å²) >= 11 is 1.62. The number of hydrogen-bond donors (Lipinski definition) is 0. The van der Waals surface area contributed by atoms with Gasteiger partial charge in [0, 0.05) is 42.9 Å². The molecule has 2 aliphatic heterocycles. The van der Waals surface area contributed by atoms with Gasteiger partial charge < -0.3 is 14.3 Å². The lowest BCUT2D eigenvalue weighted by molar-refractivity contribution is -0.128. The molecule has 2 atom stereocenters. The van der Waals surface area contributed by atoms with Gasteiger partial charge in [0.25, 0.3) is 5.89 Å². The number of likely N-dealkylation sites (tertiary alicyclic amines) is 1. The monoisotopic (exact) mass is 450 g/mol. The number of nitrogens with zero attached hydrogens (tertiary/aromatic N) is 6. The average molecular weight is 451 g/mol. The first-order valence-electron chi connectivity index (χ1n) is 10.8. The summed E-state index contributed by atoms with van der Waals surface area (Å²) in [6.07, 6.45) is 2.22. The number of nitroso groups, excluding NO2 is 1. The maximum absolute atomic E-state index is 12.5. The third-order valence-corrected chi connectivity index (χ3v) is 7.81. The summed E-state index contributed by atoms with van der Waals surface area (Å²) in [5.74, 6) is 1.31. The van der Waals surface area contributed by atoms with E-state index < -0.39 is 0 Å². The summed E-state index contributed by atoms with van der Waals surface area (Å²) < 4.78 is 5.62. The molecule has 3 aromatic rings. The molecule has 32 heavy (non-hydrogen) atoms. The van der Waals surface area contributed by atoms with Crippen LogP contribution in [0.25, 0.3) is 22.3 Å². The average Bonchev–Trinajstić information content (AvgIpc) is 3.54. The molecule has 0 spiro atoms. The molecule has 3 aliphatic rings. The normalized spacial score (nSPS) is 22.2. The number of likely N-dealkylation sites (N-methyl/N-ethyl adjacent to an activating group) is 1. The van der Waals surface area contributed by atoms with Crippen molar-refractivity contribution in [3.05, 3.63) is 44.8 Å². The van der Waals surface area contributed by atoms with Crippen molar-refractivity contribution in [3.8, 4) is 22.3 Å². The fourth-order valence-electron chi connectivity index (χ4n) is 5.30. The molecule has 0 N–H and O–H groups in total. The van der Waals surface area contributed by atoms with Gasteiger partial charge in [-0.3, -0.25) is 4.79 Å². The van der Waals surface area contributed by atoms with Gasteiger partial charge in [-0.15, -0.1) is 11.3 Å². The minimum absolute atomic E-state index is 0.00625. The first-order chi connectivity index (χ1) is 15.6. The van der Waals surface area contributed by atoms with Crippen LogP contribution < -0.4 is 0 Å². The molecule has 6 rings (SSSR count). The highest BCUT2D eigenvalue weighted by Gasteiger charge is 2.46. The van der Waals surface area contributed by atoms with Gasteiger partial charge in [-0.2, -0.15) is 9.89 Å². The third kappa shape index (κ3) is 3.08. The van der Waals surface area contributed by atoms with E-state index in [1.54, 1.807) is 16.2 Å². The van der Waals surface area contributed by atoms with Crippen LogP contribution in [0.1, 0.15) is 34.2 Å². The molecule has 0 radical (unpaired) electrons. The second kappa shape index (κ2) is 7.56. The minimum Gasteiger partial charge on any atom is -0.333 e. The lowest BCUT2D eigenvalue weighted by Crippen LogP contribution is -2.30. The Kier molecular flexibility index (Phi) is 4.65. The zero-order valence-electron chi connectivity index (χ0n) is 17.7. The van der Waals surface area contributed by atoms with E-state index in [0.717, 1.165) is 53.3 Å². The van der Waals surface area contributed by atoms with Crippen LogP contribution in [-0.4, -0.2) is 57.5 Å². The van der Waals surface area contributed by atoms with E-state index in [0.29, 0.717) is 24.7 Å². The van der Waals surface area contributed by atoms with E-state index in [2.05, 4.69) is 33.3 Å². The second-order valence-corrected chi connectivity index (χ2v) is 9.81. The maximum Gasteiger partial charge on any atom is 0.287 e. The third-order valence-electron chi connectivity index (χ3n) is 6.74. The lowest BCUT2D eigenvalue weighted by Gasteiger charge is -2.24. The van der Waals surface area contributed by atoms with Crippen LogP contribution in [-0.2, 0) is 24.2 Å². The first kappa shape index (κ1) is 19.7. The molecular weight excluding hydrogens is 428 g/mol. The Labute approximate surface area is 188 Å². The lowest BCUT2D eigenvalue weighted by atomic mass is 10.0. The number of carbonyl (C=O) groups excluding carboxylic acids is 1. The number of benzene rings is 1. The summed E-state index contributed by atoms with van der Waals surface area (Å²) in [6.45, 7) is 2.39. The first-order valence-corrected chi connectivity index (χ1v) is 11.7. The van der Waals surface area contributed by atoms with Crippen molar-refractivity contribution in [2.75, 3.05) is 26.7 Å². The van der Waals surface area contributed by atoms with Crippen LogP contribution in [0.5, 0.6) is 0 Å². The fourth-order valence-corrected chi connectivity index (χ4v) is 6.41. The van der Waals surface area contributed by atoms with E-state index in [1.807, 2.05) is 12.1 Å². The van der Waals surface area contributed by atoms with Crippen molar-refractivity contribution in [2.24, 2.45) is 11.1 Å². The molecule has 10 heteroatoms. The number of aromatic nitrogens is 3. The van der Waals surface area contributed by atoms with Crippen molar-refractivity contribution >= 4 is 17.2 Å². The molecule has 9 nitrogen and oxygen atoms in total. The topological polar surface area (TPSA) is 105 Å². The predicted octanol–water partition coefficient (Wildman–Crippen LogP) is 3.06. The molecule has 1 amide bonds. The van der Waals surface area contributed by atoms with E-state index in [1.165, 1.54) is 4.88 Å². The van der Waals surface area contributed by atoms with Crippen LogP contribution >= 0.6 is 11.3 Å². The molecule has 1 aliphatic carbocycles. The minimum atomic E-state index is -0.00625. The van der Waals surface area contributed by atoms with E-state index in [-0.39, 0.29) is 24.4 Å². The van der Waals surface area contributed by atoms with Gasteiger partial charge in [-0.25, -0.2) is 4.98 Å². The summed E-state index contributed by atoms with van der Waals surface area (Å²) in [6, 6.07) is 6.04. The fraction of sp³-hybridized carbons (Fsp3) is 0.455. The molecular formula is C22H22N6O3S. The molecule has 164 valence electrons. The number of carbonyl (C=O) groups is 1.